The maximum atomic E-state index is 12.3. The van der Waals surface area contributed by atoms with Gasteiger partial charge in [-0.2, -0.15) is 5.10 Å². The molecule has 0 spiro atoms. The summed E-state index contributed by atoms with van der Waals surface area (Å²) in [6.07, 6.45) is 1.88. The molecule has 2 N–H and O–H groups in total. The lowest BCUT2D eigenvalue weighted by Gasteiger charge is -2.32. The monoisotopic (exact) mass is 289 g/mol. The lowest BCUT2D eigenvalue weighted by atomic mass is 10.1. The highest BCUT2D eigenvalue weighted by Gasteiger charge is 2.32. The highest BCUT2D eigenvalue weighted by atomic mass is 16.5. The highest BCUT2D eigenvalue weighted by Crippen LogP contribution is 2.15. The molecule has 1 unspecified atom stereocenters. The second kappa shape index (κ2) is 5.53. The number of carboxylic acid groups (broad SMARTS) is 1. The molecule has 0 radical (unpaired) electrons. The minimum Gasteiger partial charge on any atom is -0.480 e. The summed E-state index contributed by atoms with van der Waals surface area (Å²) in [5.41, 5.74) is 1.68. The summed E-state index contributed by atoms with van der Waals surface area (Å²) in [6, 6.07) is 4.69. The number of morpholine rings is 1. The van der Waals surface area contributed by atoms with Crippen LogP contribution >= 0.6 is 0 Å². The number of aliphatic carboxylic acids is 1. The average molecular weight is 289 g/mol. The first kappa shape index (κ1) is 13.6. The van der Waals surface area contributed by atoms with Crippen LogP contribution in [-0.4, -0.2) is 57.9 Å². The van der Waals surface area contributed by atoms with Gasteiger partial charge in [0.15, 0.2) is 6.04 Å². The molecule has 1 amide bonds. The first-order chi connectivity index (χ1) is 10.1. The summed E-state index contributed by atoms with van der Waals surface area (Å²) in [5, 5.41) is 16.9. The van der Waals surface area contributed by atoms with Crippen molar-refractivity contribution >= 4 is 22.8 Å². The van der Waals surface area contributed by atoms with Crippen molar-refractivity contribution in [3.8, 4) is 0 Å². The summed E-state index contributed by atoms with van der Waals surface area (Å²) in [7, 11) is 0. The van der Waals surface area contributed by atoms with Gasteiger partial charge in [-0.05, 0) is 11.6 Å². The third kappa shape index (κ3) is 2.73. The number of carboxylic acids is 1. The third-order valence-corrected chi connectivity index (χ3v) is 3.60. The molecular formula is C14H15N3O4. The summed E-state index contributed by atoms with van der Waals surface area (Å²) >= 11 is 0. The number of fused-ring (bicyclic) bond motifs is 1. The van der Waals surface area contributed by atoms with E-state index < -0.39 is 12.0 Å². The smallest absolute Gasteiger partial charge is 0.328 e. The van der Waals surface area contributed by atoms with Crippen molar-refractivity contribution in [3.63, 3.8) is 0 Å². The van der Waals surface area contributed by atoms with E-state index in [0.29, 0.717) is 13.2 Å². The van der Waals surface area contributed by atoms with Gasteiger partial charge < -0.3 is 14.7 Å². The van der Waals surface area contributed by atoms with E-state index in [1.807, 2.05) is 18.2 Å². The molecule has 21 heavy (non-hydrogen) atoms. The van der Waals surface area contributed by atoms with Gasteiger partial charge in [-0.15, -0.1) is 0 Å². The Hall–Kier alpha value is -2.41. The molecule has 1 aliphatic rings. The van der Waals surface area contributed by atoms with E-state index in [0.717, 1.165) is 16.5 Å². The number of aromatic nitrogens is 2. The van der Waals surface area contributed by atoms with Crippen molar-refractivity contribution in [2.75, 3.05) is 19.8 Å². The number of rotatable bonds is 3. The Morgan fingerprint density at radius 1 is 1.48 bits per heavy atom. The maximum Gasteiger partial charge on any atom is 0.328 e. The number of carbonyl (C=O) groups excluding carboxylic acids is 1. The van der Waals surface area contributed by atoms with Gasteiger partial charge in [-0.1, -0.05) is 12.1 Å². The van der Waals surface area contributed by atoms with Gasteiger partial charge in [0.1, 0.15) is 0 Å². The molecule has 0 saturated carbocycles. The number of nitrogens with zero attached hydrogens (tertiary/aromatic N) is 2. The SMILES string of the molecule is O=C(O)C1COCCN1C(=O)Cc1ccc2cn[nH]c2c1. The van der Waals surface area contributed by atoms with Crippen LogP contribution < -0.4 is 0 Å². The number of aromatic amines is 1. The molecule has 7 nitrogen and oxygen atoms in total. The van der Waals surface area contributed by atoms with E-state index in [4.69, 9.17) is 9.84 Å². The molecule has 0 aliphatic carbocycles. The zero-order valence-corrected chi connectivity index (χ0v) is 11.3. The second-order valence-electron chi connectivity index (χ2n) is 4.98. The molecule has 2 heterocycles. The number of H-pyrrole nitrogens is 1. The Balaban J connectivity index is 1.76. The molecule has 0 bridgehead atoms. The van der Waals surface area contributed by atoms with E-state index in [9.17, 15) is 9.59 Å². The van der Waals surface area contributed by atoms with E-state index in [1.54, 1.807) is 6.20 Å². The van der Waals surface area contributed by atoms with Crippen LogP contribution in [0.25, 0.3) is 10.9 Å². The molecule has 1 aromatic heterocycles. The molecule has 2 aromatic rings. The van der Waals surface area contributed by atoms with Gasteiger partial charge in [-0.3, -0.25) is 9.89 Å². The zero-order chi connectivity index (χ0) is 14.8. The molecule has 3 rings (SSSR count). The van der Waals surface area contributed by atoms with Gasteiger partial charge >= 0.3 is 5.97 Å². The maximum absolute atomic E-state index is 12.3. The molecule has 1 fully saturated rings. The topological polar surface area (TPSA) is 95.5 Å². The average Bonchev–Trinajstić information content (AvgIpc) is 2.94. The Bertz CT molecular complexity index is 682. The fraction of sp³-hybridized carbons (Fsp3) is 0.357. The number of amides is 1. The molecule has 1 aliphatic heterocycles. The minimum absolute atomic E-state index is 0.0423. The van der Waals surface area contributed by atoms with Crippen LogP contribution in [-0.2, 0) is 20.7 Å². The summed E-state index contributed by atoms with van der Waals surface area (Å²) in [5.74, 6) is -1.24. The van der Waals surface area contributed by atoms with Crippen molar-refractivity contribution in [2.24, 2.45) is 0 Å². The van der Waals surface area contributed by atoms with Crippen molar-refractivity contribution in [1.29, 1.82) is 0 Å². The Morgan fingerprint density at radius 3 is 3.14 bits per heavy atom. The number of carbonyl (C=O) groups is 2. The summed E-state index contributed by atoms with van der Waals surface area (Å²) in [4.78, 5) is 24.9. The van der Waals surface area contributed by atoms with Gasteiger partial charge in [0, 0.05) is 11.9 Å². The van der Waals surface area contributed by atoms with Crippen molar-refractivity contribution in [2.45, 2.75) is 12.5 Å². The van der Waals surface area contributed by atoms with Crippen LogP contribution in [0, 0.1) is 0 Å². The number of benzene rings is 1. The van der Waals surface area contributed by atoms with Gasteiger partial charge in [0.2, 0.25) is 5.91 Å². The molecule has 110 valence electrons. The van der Waals surface area contributed by atoms with E-state index >= 15 is 0 Å². The Labute approximate surface area is 120 Å². The van der Waals surface area contributed by atoms with Crippen LogP contribution in [0.1, 0.15) is 5.56 Å². The fourth-order valence-corrected chi connectivity index (χ4v) is 2.48. The summed E-state index contributed by atoms with van der Waals surface area (Å²) in [6.45, 7) is 0.720. The van der Waals surface area contributed by atoms with Crippen molar-refractivity contribution < 1.29 is 19.4 Å². The lowest BCUT2D eigenvalue weighted by Crippen LogP contribution is -2.53. The fourth-order valence-electron chi connectivity index (χ4n) is 2.48. The third-order valence-electron chi connectivity index (χ3n) is 3.60. The molecule has 1 saturated heterocycles. The number of ether oxygens (including phenoxy) is 1. The predicted octanol–water partition coefficient (Wildman–Crippen LogP) is 0.417. The second-order valence-corrected chi connectivity index (χ2v) is 4.98. The first-order valence-electron chi connectivity index (χ1n) is 6.67. The predicted molar refractivity (Wildman–Crippen MR) is 73.8 cm³/mol. The van der Waals surface area contributed by atoms with Crippen LogP contribution in [0.15, 0.2) is 24.4 Å². The minimum atomic E-state index is -1.04. The standard InChI is InChI=1S/C14H15N3O4/c18-13(17-3-4-21-8-12(17)14(19)20)6-9-1-2-10-7-15-16-11(10)5-9/h1-2,5,7,12H,3-4,6,8H2,(H,15,16)(H,19,20). The van der Waals surface area contributed by atoms with Crippen LogP contribution in [0.2, 0.25) is 0 Å². The number of hydrogen-bond donors (Lipinski definition) is 2. The Kier molecular flexibility index (Phi) is 3.57. The van der Waals surface area contributed by atoms with Crippen LogP contribution in [0.5, 0.6) is 0 Å². The molecule has 7 heteroatoms. The van der Waals surface area contributed by atoms with E-state index in [-0.39, 0.29) is 18.9 Å². The highest BCUT2D eigenvalue weighted by molar-refractivity contribution is 5.86. The zero-order valence-electron chi connectivity index (χ0n) is 11.3. The van der Waals surface area contributed by atoms with Gasteiger partial charge in [-0.25, -0.2) is 4.79 Å². The first-order valence-corrected chi connectivity index (χ1v) is 6.67. The van der Waals surface area contributed by atoms with E-state index in [2.05, 4.69) is 10.2 Å². The molecular weight excluding hydrogens is 274 g/mol. The van der Waals surface area contributed by atoms with Crippen molar-refractivity contribution in [1.82, 2.24) is 15.1 Å². The number of hydrogen-bond acceptors (Lipinski definition) is 4. The summed E-state index contributed by atoms with van der Waals surface area (Å²) < 4.78 is 5.13. The van der Waals surface area contributed by atoms with Gasteiger partial charge in [0.25, 0.3) is 0 Å². The van der Waals surface area contributed by atoms with Gasteiger partial charge in [0.05, 0.1) is 31.3 Å². The molecule has 1 atom stereocenters. The van der Waals surface area contributed by atoms with Crippen molar-refractivity contribution in [3.05, 3.63) is 30.0 Å². The molecule has 1 aromatic carbocycles. The van der Waals surface area contributed by atoms with Crippen LogP contribution in [0.4, 0.5) is 0 Å². The quantitative estimate of drug-likeness (QED) is 0.853. The number of nitrogens with one attached hydrogen (secondary N) is 1. The normalized spacial score (nSPS) is 18.9. The van der Waals surface area contributed by atoms with E-state index in [1.165, 1.54) is 4.90 Å². The van der Waals surface area contributed by atoms with Crippen LogP contribution in [0.3, 0.4) is 0 Å². The Morgan fingerprint density at radius 2 is 2.33 bits per heavy atom. The largest absolute Gasteiger partial charge is 0.480 e. The lowest BCUT2D eigenvalue weighted by molar-refractivity contribution is -0.158.